The van der Waals surface area contributed by atoms with E-state index in [1.807, 2.05) is 71.8 Å². The Labute approximate surface area is 201 Å². The number of rotatable bonds is 6. The number of carbonyl (C=O) groups is 1. The summed E-state index contributed by atoms with van der Waals surface area (Å²) in [5, 5.41) is 0. The summed E-state index contributed by atoms with van der Waals surface area (Å²) >= 11 is 0. The Morgan fingerprint density at radius 3 is 2.21 bits per heavy atom. The lowest BCUT2D eigenvalue weighted by Crippen LogP contribution is -2.45. The molecule has 2 fully saturated rings. The smallest absolute Gasteiger partial charge is 0.225 e. The van der Waals surface area contributed by atoms with Crippen molar-refractivity contribution in [1.29, 1.82) is 0 Å². The molecule has 1 aliphatic carbocycles. The van der Waals surface area contributed by atoms with Crippen LogP contribution in [0.5, 0.6) is 17.2 Å². The van der Waals surface area contributed by atoms with Gasteiger partial charge in [0.05, 0.1) is 6.20 Å². The molecule has 1 aliphatic heterocycles. The van der Waals surface area contributed by atoms with Gasteiger partial charge in [-0.1, -0.05) is 36.8 Å². The molecule has 2 heterocycles. The predicted octanol–water partition coefficient (Wildman–Crippen LogP) is 6.13. The van der Waals surface area contributed by atoms with Gasteiger partial charge in [-0.3, -0.25) is 9.78 Å². The first-order valence-corrected chi connectivity index (χ1v) is 11.5. The molecular weight excluding hydrogens is 436 g/mol. The molecule has 3 aromatic rings. The first-order valence-electron chi connectivity index (χ1n) is 11.5. The van der Waals surface area contributed by atoms with Crippen molar-refractivity contribution < 1.29 is 14.3 Å². The number of amides is 1. The maximum absolute atomic E-state index is 12.4. The van der Waals surface area contributed by atoms with Crippen LogP contribution in [0.3, 0.4) is 0 Å². The molecule has 5 rings (SSSR count). The molecule has 0 N–H and O–H groups in total. The van der Waals surface area contributed by atoms with E-state index in [1.165, 1.54) is 6.42 Å². The normalized spacial score (nSPS) is 16.4. The van der Waals surface area contributed by atoms with Crippen LogP contribution in [0, 0.1) is 5.92 Å². The van der Waals surface area contributed by atoms with E-state index in [2.05, 4.69) is 4.98 Å². The van der Waals surface area contributed by atoms with Crippen molar-refractivity contribution in [2.75, 3.05) is 13.1 Å². The molecule has 6 heteroatoms. The second kappa shape index (κ2) is 10.7. The third-order valence-electron chi connectivity index (χ3n) is 6.39. The van der Waals surface area contributed by atoms with E-state index in [-0.39, 0.29) is 24.4 Å². The number of hydrogen-bond acceptors (Lipinski definition) is 4. The van der Waals surface area contributed by atoms with Crippen molar-refractivity contribution in [3.8, 4) is 28.4 Å². The third kappa shape index (κ3) is 5.66. The number of pyridine rings is 1. The van der Waals surface area contributed by atoms with Crippen molar-refractivity contribution in [1.82, 2.24) is 9.88 Å². The number of benzene rings is 2. The maximum atomic E-state index is 12.4. The minimum absolute atomic E-state index is 0. The fourth-order valence-corrected chi connectivity index (χ4v) is 4.28. The summed E-state index contributed by atoms with van der Waals surface area (Å²) in [6.45, 7) is 1.61. The van der Waals surface area contributed by atoms with Crippen LogP contribution in [0.15, 0.2) is 73.1 Å². The van der Waals surface area contributed by atoms with E-state index >= 15 is 0 Å². The van der Waals surface area contributed by atoms with Crippen molar-refractivity contribution in [2.24, 2.45) is 5.92 Å². The zero-order valence-electron chi connectivity index (χ0n) is 18.6. The van der Waals surface area contributed by atoms with E-state index in [4.69, 9.17) is 9.47 Å². The summed E-state index contributed by atoms with van der Waals surface area (Å²) in [4.78, 5) is 18.8. The number of nitrogens with zero attached hydrogens (tertiary/aromatic N) is 2. The molecule has 172 valence electrons. The van der Waals surface area contributed by atoms with Gasteiger partial charge in [0.25, 0.3) is 0 Å². The third-order valence-corrected chi connectivity index (χ3v) is 6.39. The van der Waals surface area contributed by atoms with Gasteiger partial charge in [-0.25, -0.2) is 0 Å². The molecule has 2 aromatic carbocycles. The summed E-state index contributed by atoms with van der Waals surface area (Å²) in [5.41, 5.74) is 2.05. The van der Waals surface area contributed by atoms with Crippen LogP contribution in [-0.2, 0) is 4.79 Å². The number of hydrogen-bond donors (Lipinski definition) is 0. The highest BCUT2D eigenvalue weighted by molar-refractivity contribution is 5.85. The van der Waals surface area contributed by atoms with Crippen LogP contribution in [0.1, 0.15) is 32.1 Å². The summed E-state index contributed by atoms with van der Waals surface area (Å²) in [6, 6.07) is 19.8. The lowest BCUT2D eigenvalue weighted by Gasteiger charge is -2.36. The van der Waals surface area contributed by atoms with Crippen molar-refractivity contribution in [2.45, 2.75) is 38.2 Å². The Kier molecular flexibility index (Phi) is 7.50. The summed E-state index contributed by atoms with van der Waals surface area (Å²) in [7, 11) is 0. The minimum atomic E-state index is 0. The first-order chi connectivity index (χ1) is 15.7. The molecule has 0 unspecified atom stereocenters. The summed E-state index contributed by atoms with van der Waals surface area (Å²) in [6.07, 6.45) is 8.84. The average molecular weight is 465 g/mol. The number of likely N-dealkylation sites (tertiary alicyclic amines) is 1. The molecule has 2 aliphatic rings. The van der Waals surface area contributed by atoms with E-state index in [0.29, 0.717) is 11.7 Å². The molecule has 5 nitrogen and oxygen atoms in total. The number of halogens is 1. The standard InChI is InChI=1S/C27H28N2O3.ClH/c30-27(21-5-4-6-21)29-15-13-25(14-16-29)31-24-11-9-20(10-12-24)22-17-26(19-28-18-22)32-23-7-2-1-3-8-23;/h1-3,7-12,17-19,21,25H,4-6,13-16H2;1H. The molecule has 0 bridgehead atoms. The van der Waals surface area contributed by atoms with Gasteiger partial charge in [-0.05, 0) is 48.7 Å². The fraction of sp³-hybridized carbons (Fsp3) is 0.333. The van der Waals surface area contributed by atoms with E-state index in [0.717, 1.165) is 61.4 Å². The monoisotopic (exact) mass is 464 g/mol. The van der Waals surface area contributed by atoms with E-state index in [1.54, 1.807) is 6.20 Å². The van der Waals surface area contributed by atoms with Gasteiger partial charge >= 0.3 is 0 Å². The van der Waals surface area contributed by atoms with Crippen LogP contribution in [0.2, 0.25) is 0 Å². The maximum Gasteiger partial charge on any atom is 0.225 e. The van der Waals surface area contributed by atoms with Crippen molar-refractivity contribution >= 4 is 18.3 Å². The molecule has 0 radical (unpaired) electrons. The Bertz CT molecular complexity index is 1050. The number of piperidine rings is 1. The van der Waals surface area contributed by atoms with Crippen LogP contribution >= 0.6 is 12.4 Å². The highest BCUT2D eigenvalue weighted by atomic mass is 35.5. The fourth-order valence-electron chi connectivity index (χ4n) is 4.28. The van der Waals surface area contributed by atoms with Crippen LogP contribution < -0.4 is 9.47 Å². The molecule has 1 saturated heterocycles. The number of carbonyl (C=O) groups excluding carboxylic acids is 1. The topological polar surface area (TPSA) is 51.7 Å². The molecule has 0 atom stereocenters. The second-order valence-corrected chi connectivity index (χ2v) is 8.62. The van der Waals surface area contributed by atoms with Gasteiger partial charge in [-0.2, -0.15) is 0 Å². The predicted molar refractivity (Wildman–Crippen MR) is 131 cm³/mol. The van der Waals surface area contributed by atoms with Gasteiger partial charge < -0.3 is 14.4 Å². The molecule has 1 amide bonds. The van der Waals surface area contributed by atoms with Crippen LogP contribution in [0.4, 0.5) is 0 Å². The van der Waals surface area contributed by atoms with Gasteiger partial charge in [0.1, 0.15) is 23.4 Å². The second-order valence-electron chi connectivity index (χ2n) is 8.62. The lowest BCUT2D eigenvalue weighted by molar-refractivity contribution is -0.140. The molecule has 1 aromatic heterocycles. The average Bonchev–Trinajstić information content (AvgIpc) is 2.80. The Morgan fingerprint density at radius 2 is 1.55 bits per heavy atom. The molecule has 0 spiro atoms. The number of ether oxygens (including phenoxy) is 2. The van der Waals surface area contributed by atoms with Crippen molar-refractivity contribution in [3.05, 3.63) is 73.1 Å². The van der Waals surface area contributed by atoms with Gasteiger partial charge in [0, 0.05) is 43.6 Å². The lowest BCUT2D eigenvalue weighted by atomic mass is 9.84. The molecule has 33 heavy (non-hydrogen) atoms. The van der Waals surface area contributed by atoms with E-state index in [9.17, 15) is 4.79 Å². The van der Waals surface area contributed by atoms with Crippen LogP contribution in [0.25, 0.3) is 11.1 Å². The minimum Gasteiger partial charge on any atom is -0.490 e. The molecular formula is C27H29ClN2O3. The highest BCUT2D eigenvalue weighted by Gasteiger charge is 2.32. The Balaban J connectivity index is 0.00000259. The Morgan fingerprint density at radius 1 is 0.818 bits per heavy atom. The summed E-state index contributed by atoms with van der Waals surface area (Å²) in [5.74, 6) is 2.99. The van der Waals surface area contributed by atoms with Gasteiger partial charge in [0.2, 0.25) is 5.91 Å². The zero-order valence-corrected chi connectivity index (χ0v) is 19.4. The SMILES string of the molecule is Cl.O=C(C1CCC1)N1CCC(Oc2ccc(-c3cncc(Oc4ccccc4)c3)cc2)CC1. The first kappa shape index (κ1) is 23.1. The summed E-state index contributed by atoms with van der Waals surface area (Å²) < 4.78 is 12.1. The quantitative estimate of drug-likeness (QED) is 0.440. The number of para-hydroxylation sites is 1. The molecule has 1 saturated carbocycles. The van der Waals surface area contributed by atoms with E-state index < -0.39 is 0 Å². The van der Waals surface area contributed by atoms with Crippen LogP contribution in [-0.4, -0.2) is 35.0 Å². The number of aromatic nitrogens is 1. The largest absolute Gasteiger partial charge is 0.490 e. The van der Waals surface area contributed by atoms with Gasteiger partial charge in [0.15, 0.2) is 0 Å². The highest BCUT2D eigenvalue weighted by Crippen LogP contribution is 2.31. The van der Waals surface area contributed by atoms with Crippen molar-refractivity contribution in [3.63, 3.8) is 0 Å². The zero-order chi connectivity index (χ0) is 21.8. The van der Waals surface area contributed by atoms with Gasteiger partial charge in [-0.15, -0.1) is 12.4 Å². The Hall–Kier alpha value is -3.05.